The van der Waals surface area contributed by atoms with E-state index in [1.165, 1.54) is 0 Å². The fourth-order valence-electron chi connectivity index (χ4n) is 3.63. The second-order valence-corrected chi connectivity index (χ2v) is 6.71. The molecule has 4 fully saturated rings. The Kier molecular flexibility index (Phi) is 2.58. The molecular formula is C14H21NO4. The van der Waals surface area contributed by atoms with Crippen LogP contribution in [0.4, 0.5) is 4.79 Å². The summed E-state index contributed by atoms with van der Waals surface area (Å²) in [5.74, 6) is 0. The van der Waals surface area contributed by atoms with Crippen LogP contribution in [0.5, 0.6) is 0 Å². The summed E-state index contributed by atoms with van der Waals surface area (Å²) in [4.78, 5) is 13.9. The summed E-state index contributed by atoms with van der Waals surface area (Å²) in [7, 11) is 0. The van der Waals surface area contributed by atoms with Crippen LogP contribution in [0.25, 0.3) is 0 Å². The van der Waals surface area contributed by atoms with Crippen LogP contribution in [-0.4, -0.2) is 55.6 Å². The zero-order chi connectivity index (χ0) is 12.9. The van der Waals surface area contributed by atoms with Crippen LogP contribution < -0.4 is 0 Å². The molecule has 3 heterocycles. The zero-order valence-electron chi connectivity index (χ0n) is 11.2. The highest BCUT2D eigenvalue weighted by atomic mass is 16.6. The van der Waals surface area contributed by atoms with Gasteiger partial charge < -0.3 is 19.1 Å². The van der Waals surface area contributed by atoms with Gasteiger partial charge in [0.15, 0.2) is 0 Å². The average molecular weight is 267 g/mol. The molecule has 0 atom stereocenters. The maximum Gasteiger partial charge on any atom is 0.410 e. The lowest BCUT2D eigenvalue weighted by atomic mass is 9.79. The summed E-state index contributed by atoms with van der Waals surface area (Å²) in [6.07, 6.45) is 5.04. The van der Waals surface area contributed by atoms with Crippen molar-refractivity contribution >= 4 is 6.09 Å². The maximum atomic E-state index is 12.0. The van der Waals surface area contributed by atoms with Crippen molar-refractivity contribution in [3.63, 3.8) is 0 Å². The molecule has 0 unspecified atom stereocenters. The van der Waals surface area contributed by atoms with Gasteiger partial charge >= 0.3 is 6.09 Å². The van der Waals surface area contributed by atoms with Crippen molar-refractivity contribution in [3.8, 4) is 0 Å². The number of hydrogen-bond donors (Lipinski definition) is 0. The summed E-state index contributed by atoms with van der Waals surface area (Å²) in [5.41, 5.74) is 0.419. The Morgan fingerprint density at radius 1 is 1.16 bits per heavy atom. The first-order valence-electron chi connectivity index (χ1n) is 7.36. The van der Waals surface area contributed by atoms with Gasteiger partial charge in [-0.2, -0.15) is 0 Å². The molecule has 0 aromatic heterocycles. The molecule has 5 heteroatoms. The van der Waals surface area contributed by atoms with Gasteiger partial charge in [-0.25, -0.2) is 4.79 Å². The van der Waals surface area contributed by atoms with Crippen LogP contribution in [-0.2, 0) is 14.2 Å². The third-order valence-electron chi connectivity index (χ3n) is 5.16. The van der Waals surface area contributed by atoms with Crippen LogP contribution in [0.3, 0.4) is 0 Å². The van der Waals surface area contributed by atoms with E-state index in [1.54, 1.807) is 0 Å². The van der Waals surface area contributed by atoms with E-state index in [9.17, 15) is 4.79 Å². The van der Waals surface area contributed by atoms with Gasteiger partial charge in [-0.15, -0.1) is 0 Å². The van der Waals surface area contributed by atoms with Gasteiger partial charge in [-0.3, -0.25) is 0 Å². The van der Waals surface area contributed by atoms with E-state index in [2.05, 4.69) is 0 Å². The van der Waals surface area contributed by atoms with E-state index in [1.807, 2.05) is 4.90 Å². The number of likely N-dealkylation sites (tertiary alicyclic amines) is 1. The second kappa shape index (κ2) is 4.09. The number of nitrogens with zero attached hydrogens (tertiary/aromatic N) is 1. The largest absolute Gasteiger partial charge is 0.446 e. The Balaban J connectivity index is 1.24. The van der Waals surface area contributed by atoms with Crippen molar-refractivity contribution < 1.29 is 19.0 Å². The summed E-state index contributed by atoms with van der Waals surface area (Å²) in [5, 5.41) is 0. The molecule has 0 aromatic carbocycles. The average Bonchev–Trinajstić information content (AvgIpc) is 2.93. The number of amides is 1. The fourth-order valence-corrected chi connectivity index (χ4v) is 3.63. The van der Waals surface area contributed by atoms with E-state index in [0.29, 0.717) is 0 Å². The fraction of sp³-hybridized carbons (Fsp3) is 0.929. The molecule has 0 aromatic rings. The molecule has 2 spiro atoms. The van der Waals surface area contributed by atoms with Crippen LogP contribution in [0.2, 0.25) is 0 Å². The van der Waals surface area contributed by atoms with E-state index in [-0.39, 0.29) is 23.2 Å². The summed E-state index contributed by atoms with van der Waals surface area (Å²) >= 11 is 0. The molecule has 1 amide bonds. The van der Waals surface area contributed by atoms with Gasteiger partial charge in [0.2, 0.25) is 0 Å². The predicted molar refractivity (Wildman–Crippen MR) is 66.9 cm³/mol. The number of carbonyl (C=O) groups is 1. The van der Waals surface area contributed by atoms with E-state index < -0.39 is 0 Å². The predicted octanol–water partition coefficient (Wildman–Crippen LogP) is 1.56. The first-order valence-corrected chi connectivity index (χ1v) is 7.36. The second-order valence-electron chi connectivity index (χ2n) is 6.71. The molecule has 19 heavy (non-hydrogen) atoms. The standard InChI is InChI=1S/C14H21NO4/c16-12(15-7-13(8-15)5-6-17-9-13)19-11-1-3-14(4-2-11)10-18-14/h11H,1-10H2. The summed E-state index contributed by atoms with van der Waals surface area (Å²) in [6, 6.07) is 0. The highest BCUT2D eigenvalue weighted by molar-refractivity contribution is 5.69. The SMILES string of the molecule is O=C(OC1CCC2(CC1)CO2)N1CC2(CCOC2)C1. The first-order chi connectivity index (χ1) is 9.19. The molecule has 1 saturated carbocycles. The highest BCUT2D eigenvalue weighted by Gasteiger charge is 2.50. The molecule has 106 valence electrons. The molecular weight excluding hydrogens is 246 g/mol. The normalized spacial score (nSPS) is 39.4. The smallest absolute Gasteiger partial charge is 0.410 e. The number of ether oxygens (including phenoxy) is 3. The van der Waals surface area contributed by atoms with Gasteiger partial charge in [0.1, 0.15) is 6.10 Å². The lowest BCUT2D eigenvalue weighted by molar-refractivity contribution is -0.0298. The summed E-state index contributed by atoms with van der Waals surface area (Å²) < 4.78 is 16.5. The molecule has 4 rings (SSSR count). The molecule has 0 radical (unpaired) electrons. The van der Waals surface area contributed by atoms with E-state index >= 15 is 0 Å². The monoisotopic (exact) mass is 267 g/mol. The maximum absolute atomic E-state index is 12.0. The topological polar surface area (TPSA) is 51.3 Å². The van der Waals surface area contributed by atoms with Crippen LogP contribution in [0.15, 0.2) is 0 Å². The minimum absolute atomic E-state index is 0.0960. The van der Waals surface area contributed by atoms with Crippen molar-refractivity contribution in [1.82, 2.24) is 4.90 Å². The Morgan fingerprint density at radius 2 is 1.89 bits per heavy atom. The third kappa shape index (κ3) is 2.13. The Labute approximate surface area is 113 Å². The van der Waals surface area contributed by atoms with Gasteiger partial charge in [-0.05, 0) is 32.1 Å². The van der Waals surface area contributed by atoms with Crippen LogP contribution >= 0.6 is 0 Å². The van der Waals surface area contributed by atoms with Gasteiger partial charge in [0.25, 0.3) is 0 Å². The Morgan fingerprint density at radius 3 is 2.47 bits per heavy atom. The Hall–Kier alpha value is -0.810. The molecule has 0 bridgehead atoms. The Bertz CT molecular complexity index is 369. The van der Waals surface area contributed by atoms with Crippen molar-refractivity contribution in [2.75, 3.05) is 32.9 Å². The van der Waals surface area contributed by atoms with E-state index in [0.717, 1.165) is 65.0 Å². The van der Waals surface area contributed by atoms with Crippen molar-refractivity contribution in [2.24, 2.45) is 5.41 Å². The van der Waals surface area contributed by atoms with Gasteiger partial charge in [0.05, 0.1) is 18.8 Å². The van der Waals surface area contributed by atoms with Crippen LogP contribution in [0, 0.1) is 5.41 Å². The van der Waals surface area contributed by atoms with E-state index in [4.69, 9.17) is 14.2 Å². The lowest BCUT2D eigenvalue weighted by Gasteiger charge is -2.46. The minimum Gasteiger partial charge on any atom is -0.446 e. The van der Waals surface area contributed by atoms with Crippen molar-refractivity contribution in [3.05, 3.63) is 0 Å². The van der Waals surface area contributed by atoms with Crippen molar-refractivity contribution in [2.45, 2.75) is 43.8 Å². The molecule has 5 nitrogen and oxygen atoms in total. The minimum atomic E-state index is -0.129. The first kappa shape index (κ1) is 12.0. The molecule has 1 aliphatic carbocycles. The molecule has 4 aliphatic rings. The molecule has 3 aliphatic heterocycles. The highest BCUT2D eigenvalue weighted by Crippen LogP contribution is 2.43. The number of hydrogen-bond acceptors (Lipinski definition) is 4. The number of rotatable bonds is 1. The van der Waals surface area contributed by atoms with Gasteiger partial charge in [0, 0.05) is 25.1 Å². The zero-order valence-corrected chi connectivity index (χ0v) is 11.2. The van der Waals surface area contributed by atoms with Gasteiger partial charge in [-0.1, -0.05) is 0 Å². The van der Waals surface area contributed by atoms with Crippen molar-refractivity contribution in [1.29, 1.82) is 0 Å². The number of carbonyl (C=O) groups excluding carboxylic acids is 1. The molecule has 0 N–H and O–H groups in total. The number of epoxide rings is 1. The van der Waals surface area contributed by atoms with Crippen LogP contribution in [0.1, 0.15) is 32.1 Å². The lowest BCUT2D eigenvalue weighted by Crippen LogP contribution is -2.59. The third-order valence-corrected chi connectivity index (χ3v) is 5.16. The quantitative estimate of drug-likeness (QED) is 0.676. The molecule has 3 saturated heterocycles. The summed E-state index contributed by atoms with van der Waals surface area (Å²) in [6.45, 7) is 4.17.